The molecule has 6 heteroatoms. The molecule has 0 fully saturated rings. The Morgan fingerprint density at radius 2 is 1.47 bits per heavy atom. The van der Waals surface area contributed by atoms with E-state index in [-0.39, 0.29) is 57.5 Å². The third-order valence-corrected chi connectivity index (χ3v) is 4.51. The zero-order valence-corrected chi connectivity index (χ0v) is 16.5. The summed E-state index contributed by atoms with van der Waals surface area (Å²) in [4.78, 5) is 0. The van der Waals surface area contributed by atoms with Gasteiger partial charge in [-0.3, -0.25) is 0 Å². The maximum Gasteiger partial charge on any atom is 1.00 e. The molecule has 4 nitrogen and oxygen atoms in total. The molecule has 110 valence electrons. The standard InChI is InChI=1S/C13H28O4S.K/c1-3-5-9-12(14)10-6-7-11-13(8-4-2)18(15,16)17;/h12-14H,3-11H2,1-2H3,(H,15,16,17);/q;+1/p-1. The Labute approximate surface area is 160 Å². The molecule has 19 heavy (non-hydrogen) atoms. The zero-order valence-electron chi connectivity index (χ0n) is 12.6. The number of aliphatic hydroxyl groups excluding tert-OH is 1. The number of rotatable bonds is 11. The fourth-order valence-electron chi connectivity index (χ4n) is 2.09. The van der Waals surface area contributed by atoms with Crippen molar-refractivity contribution >= 4 is 10.1 Å². The molecule has 2 atom stereocenters. The summed E-state index contributed by atoms with van der Waals surface area (Å²) in [6.45, 7) is 3.97. The fourth-order valence-corrected chi connectivity index (χ4v) is 3.07. The van der Waals surface area contributed by atoms with Crippen LogP contribution in [0, 0.1) is 0 Å². The van der Waals surface area contributed by atoms with Crippen LogP contribution in [0.1, 0.15) is 71.6 Å². The molecule has 0 saturated carbocycles. The molecule has 0 radical (unpaired) electrons. The Morgan fingerprint density at radius 3 is 1.95 bits per heavy atom. The van der Waals surface area contributed by atoms with Crippen LogP contribution in [0.3, 0.4) is 0 Å². The van der Waals surface area contributed by atoms with Crippen molar-refractivity contribution in [2.75, 3.05) is 0 Å². The summed E-state index contributed by atoms with van der Waals surface area (Å²) in [7, 11) is -4.15. The van der Waals surface area contributed by atoms with Crippen molar-refractivity contribution in [1.82, 2.24) is 0 Å². The summed E-state index contributed by atoms with van der Waals surface area (Å²) in [6, 6.07) is 0. The van der Waals surface area contributed by atoms with Gasteiger partial charge in [-0.1, -0.05) is 46.0 Å². The van der Waals surface area contributed by atoms with Gasteiger partial charge >= 0.3 is 51.4 Å². The molecule has 0 amide bonds. The van der Waals surface area contributed by atoms with E-state index in [2.05, 4.69) is 6.92 Å². The second kappa shape index (κ2) is 13.2. The first-order chi connectivity index (χ1) is 8.41. The van der Waals surface area contributed by atoms with Crippen molar-refractivity contribution in [3.8, 4) is 0 Å². The molecule has 0 spiro atoms. The van der Waals surface area contributed by atoms with Crippen LogP contribution in [0.25, 0.3) is 0 Å². The second-order valence-corrected chi connectivity index (χ2v) is 6.64. The van der Waals surface area contributed by atoms with E-state index in [9.17, 15) is 18.1 Å². The largest absolute Gasteiger partial charge is 1.00 e. The minimum Gasteiger partial charge on any atom is -0.748 e. The van der Waals surface area contributed by atoms with Crippen molar-refractivity contribution in [2.24, 2.45) is 0 Å². The number of aliphatic hydroxyl groups is 1. The minimum atomic E-state index is -4.15. The van der Waals surface area contributed by atoms with Crippen LogP contribution >= 0.6 is 0 Å². The molecule has 0 bridgehead atoms. The summed E-state index contributed by atoms with van der Waals surface area (Å²) in [5, 5.41) is 8.89. The summed E-state index contributed by atoms with van der Waals surface area (Å²) in [6.07, 6.45) is 6.43. The van der Waals surface area contributed by atoms with Crippen molar-refractivity contribution < 1.29 is 69.5 Å². The topological polar surface area (TPSA) is 77.4 Å². The number of unbranched alkanes of at least 4 members (excludes halogenated alkanes) is 2. The zero-order chi connectivity index (χ0) is 14.0. The first-order valence-electron chi connectivity index (χ1n) is 7.04. The van der Waals surface area contributed by atoms with Gasteiger partial charge in [0.2, 0.25) is 0 Å². The van der Waals surface area contributed by atoms with E-state index in [0.29, 0.717) is 32.1 Å². The predicted molar refractivity (Wildman–Crippen MR) is 72.4 cm³/mol. The van der Waals surface area contributed by atoms with Crippen molar-refractivity contribution in [2.45, 2.75) is 83.0 Å². The SMILES string of the molecule is CCCCC(O)CCCCC(CCC)S(=O)(=O)[O-].[K+]. The predicted octanol–water partition coefficient (Wildman–Crippen LogP) is -0.184. The van der Waals surface area contributed by atoms with Gasteiger partial charge in [0.1, 0.15) is 0 Å². The van der Waals surface area contributed by atoms with Gasteiger partial charge in [-0.2, -0.15) is 0 Å². The molecule has 0 aromatic rings. The Kier molecular flexibility index (Phi) is 15.8. The molecule has 0 aliphatic carbocycles. The maximum absolute atomic E-state index is 11.0. The molecule has 0 rings (SSSR count). The number of hydrogen-bond donors (Lipinski definition) is 1. The van der Waals surface area contributed by atoms with Crippen LogP contribution in [0.4, 0.5) is 0 Å². The molecule has 0 aromatic heterocycles. The van der Waals surface area contributed by atoms with Crippen LogP contribution in [-0.4, -0.2) is 29.4 Å². The van der Waals surface area contributed by atoms with Crippen LogP contribution in [-0.2, 0) is 10.1 Å². The van der Waals surface area contributed by atoms with E-state index in [4.69, 9.17) is 0 Å². The molecule has 0 saturated heterocycles. The van der Waals surface area contributed by atoms with E-state index >= 15 is 0 Å². The first kappa shape index (κ1) is 22.8. The Morgan fingerprint density at radius 1 is 0.947 bits per heavy atom. The van der Waals surface area contributed by atoms with E-state index in [1.54, 1.807) is 0 Å². The smallest absolute Gasteiger partial charge is 0.748 e. The molecule has 1 N–H and O–H groups in total. The van der Waals surface area contributed by atoms with Gasteiger partial charge in [0, 0.05) is 5.25 Å². The Hall–Kier alpha value is 1.51. The summed E-state index contributed by atoms with van der Waals surface area (Å²) in [5.41, 5.74) is 0. The van der Waals surface area contributed by atoms with E-state index in [1.807, 2.05) is 6.92 Å². The van der Waals surface area contributed by atoms with Gasteiger partial charge in [-0.15, -0.1) is 0 Å². The monoisotopic (exact) mass is 318 g/mol. The van der Waals surface area contributed by atoms with E-state index in [1.165, 1.54) is 0 Å². The fraction of sp³-hybridized carbons (Fsp3) is 1.00. The molecular weight excluding hydrogens is 291 g/mol. The van der Waals surface area contributed by atoms with Gasteiger partial charge < -0.3 is 9.66 Å². The third kappa shape index (κ3) is 12.9. The summed E-state index contributed by atoms with van der Waals surface area (Å²) in [5.74, 6) is 0. The number of hydrogen-bond acceptors (Lipinski definition) is 4. The molecule has 2 unspecified atom stereocenters. The summed E-state index contributed by atoms with van der Waals surface area (Å²) < 4.78 is 33.0. The molecular formula is C13H27KO4S. The minimum absolute atomic E-state index is 0. The van der Waals surface area contributed by atoms with Crippen LogP contribution < -0.4 is 51.4 Å². The average Bonchev–Trinajstić information content (AvgIpc) is 2.29. The first-order valence-corrected chi connectivity index (χ1v) is 8.51. The average molecular weight is 319 g/mol. The third-order valence-electron chi connectivity index (χ3n) is 3.22. The van der Waals surface area contributed by atoms with Gasteiger partial charge in [0.15, 0.2) is 0 Å². The Balaban J connectivity index is 0. The van der Waals surface area contributed by atoms with Crippen molar-refractivity contribution in [3.63, 3.8) is 0 Å². The molecule has 0 aliphatic rings. The molecule has 0 aromatic carbocycles. The van der Waals surface area contributed by atoms with Gasteiger partial charge in [-0.25, -0.2) is 8.42 Å². The van der Waals surface area contributed by atoms with E-state index in [0.717, 1.165) is 25.7 Å². The van der Waals surface area contributed by atoms with Crippen molar-refractivity contribution in [3.05, 3.63) is 0 Å². The molecule has 0 heterocycles. The summed E-state index contributed by atoms with van der Waals surface area (Å²) >= 11 is 0. The second-order valence-electron chi connectivity index (χ2n) is 4.98. The molecule has 0 aliphatic heterocycles. The van der Waals surface area contributed by atoms with Gasteiger partial charge in [-0.05, 0) is 25.7 Å². The van der Waals surface area contributed by atoms with Crippen LogP contribution in [0.2, 0.25) is 0 Å². The van der Waals surface area contributed by atoms with Crippen LogP contribution in [0.15, 0.2) is 0 Å². The van der Waals surface area contributed by atoms with E-state index < -0.39 is 15.4 Å². The maximum atomic E-state index is 11.0. The van der Waals surface area contributed by atoms with Gasteiger partial charge in [0.05, 0.1) is 16.2 Å². The quantitative estimate of drug-likeness (QED) is 0.326. The van der Waals surface area contributed by atoms with Gasteiger partial charge in [0.25, 0.3) is 0 Å². The normalized spacial score (nSPS) is 14.7. The van der Waals surface area contributed by atoms with Crippen molar-refractivity contribution in [1.29, 1.82) is 0 Å². The Bertz CT molecular complexity index is 293. The van der Waals surface area contributed by atoms with Crippen LogP contribution in [0.5, 0.6) is 0 Å².